The van der Waals surface area contributed by atoms with Crippen LogP contribution < -0.4 is 5.56 Å². The highest BCUT2D eigenvalue weighted by atomic mass is 79.9. The van der Waals surface area contributed by atoms with Crippen molar-refractivity contribution in [1.82, 2.24) is 9.97 Å². The van der Waals surface area contributed by atoms with E-state index >= 15 is 0 Å². The van der Waals surface area contributed by atoms with E-state index in [4.69, 9.17) is 4.74 Å². The van der Waals surface area contributed by atoms with Crippen LogP contribution in [0.15, 0.2) is 39.7 Å². The number of halogens is 1. The third kappa shape index (κ3) is 3.54. The first-order valence-electron chi connectivity index (χ1n) is 6.10. The molecule has 0 fully saturated rings. The zero-order chi connectivity index (χ0) is 14.5. The topological polar surface area (TPSA) is 72.0 Å². The molecule has 5 nitrogen and oxygen atoms in total. The van der Waals surface area contributed by atoms with E-state index < -0.39 is 11.5 Å². The van der Waals surface area contributed by atoms with E-state index in [9.17, 15) is 9.59 Å². The maximum atomic E-state index is 11.8. The van der Waals surface area contributed by atoms with Gasteiger partial charge in [0.2, 0.25) is 0 Å². The second kappa shape index (κ2) is 6.47. The van der Waals surface area contributed by atoms with Gasteiger partial charge >= 0.3 is 5.97 Å². The molecule has 1 heterocycles. The average molecular weight is 337 g/mol. The van der Waals surface area contributed by atoms with Gasteiger partial charge in [-0.05, 0) is 24.6 Å². The van der Waals surface area contributed by atoms with Crippen LogP contribution in [-0.2, 0) is 11.2 Å². The molecule has 104 valence electrons. The van der Waals surface area contributed by atoms with Gasteiger partial charge in [0.15, 0.2) is 0 Å². The van der Waals surface area contributed by atoms with Crippen molar-refractivity contribution in [2.45, 2.75) is 13.3 Å². The predicted octanol–water partition coefficient (Wildman–Crippen LogP) is 2.30. The van der Waals surface area contributed by atoms with Gasteiger partial charge in [-0.25, -0.2) is 9.78 Å². The molecule has 0 aliphatic heterocycles. The number of hydrogen-bond donors (Lipinski definition) is 1. The standard InChI is InChI=1S/C14H13BrN2O3/c1-2-20-14(19)11-8-16-12(17-13(11)18)7-9-4-3-5-10(15)6-9/h3-6,8H,2,7H2,1H3,(H,16,17,18). The van der Waals surface area contributed by atoms with Gasteiger partial charge in [0.05, 0.1) is 6.61 Å². The number of carbonyl (C=O) groups excluding carboxylic acids is 1. The Bertz CT molecular complexity index is 682. The summed E-state index contributed by atoms with van der Waals surface area (Å²) in [5, 5.41) is 0. The van der Waals surface area contributed by atoms with Crippen molar-refractivity contribution in [3.63, 3.8) is 0 Å². The Morgan fingerprint density at radius 1 is 1.45 bits per heavy atom. The van der Waals surface area contributed by atoms with Gasteiger partial charge in [0.1, 0.15) is 11.4 Å². The van der Waals surface area contributed by atoms with E-state index in [1.807, 2.05) is 24.3 Å². The van der Waals surface area contributed by atoms with E-state index in [2.05, 4.69) is 25.9 Å². The van der Waals surface area contributed by atoms with Crippen LogP contribution in [0, 0.1) is 0 Å². The minimum absolute atomic E-state index is 0.0788. The number of nitrogens with zero attached hydrogens (tertiary/aromatic N) is 1. The fourth-order valence-corrected chi connectivity index (χ4v) is 2.16. The molecule has 0 aliphatic carbocycles. The normalized spacial score (nSPS) is 10.3. The third-order valence-electron chi connectivity index (χ3n) is 2.61. The van der Waals surface area contributed by atoms with E-state index in [-0.39, 0.29) is 12.2 Å². The number of ether oxygens (including phenoxy) is 1. The summed E-state index contributed by atoms with van der Waals surface area (Å²) < 4.78 is 5.74. The van der Waals surface area contributed by atoms with Crippen LogP contribution in [0.4, 0.5) is 0 Å². The molecule has 0 bridgehead atoms. The fourth-order valence-electron chi connectivity index (χ4n) is 1.72. The summed E-state index contributed by atoms with van der Waals surface area (Å²) in [5.41, 5.74) is 0.444. The highest BCUT2D eigenvalue weighted by molar-refractivity contribution is 9.10. The Morgan fingerprint density at radius 2 is 2.25 bits per heavy atom. The molecule has 0 spiro atoms. The third-order valence-corrected chi connectivity index (χ3v) is 3.10. The molecule has 2 aromatic rings. The molecule has 2 rings (SSSR count). The average Bonchev–Trinajstić information content (AvgIpc) is 2.39. The summed E-state index contributed by atoms with van der Waals surface area (Å²) in [6, 6.07) is 7.71. The molecule has 20 heavy (non-hydrogen) atoms. The minimum Gasteiger partial charge on any atom is -0.462 e. The molecule has 1 aromatic carbocycles. The number of hydrogen-bond acceptors (Lipinski definition) is 4. The van der Waals surface area contributed by atoms with Crippen LogP contribution in [-0.4, -0.2) is 22.5 Å². The van der Waals surface area contributed by atoms with E-state index in [1.54, 1.807) is 6.92 Å². The molecule has 1 N–H and O–H groups in total. The number of H-pyrrole nitrogens is 1. The first-order valence-corrected chi connectivity index (χ1v) is 6.89. The maximum Gasteiger partial charge on any atom is 0.345 e. The Hall–Kier alpha value is -1.95. The van der Waals surface area contributed by atoms with Crippen molar-refractivity contribution in [1.29, 1.82) is 0 Å². The maximum absolute atomic E-state index is 11.8. The van der Waals surface area contributed by atoms with Crippen molar-refractivity contribution in [3.8, 4) is 0 Å². The summed E-state index contributed by atoms with van der Waals surface area (Å²) in [4.78, 5) is 30.0. The van der Waals surface area contributed by atoms with Gasteiger partial charge < -0.3 is 9.72 Å². The van der Waals surface area contributed by atoms with Crippen LogP contribution in [0.2, 0.25) is 0 Å². The summed E-state index contributed by atoms with van der Waals surface area (Å²) in [7, 11) is 0. The number of carbonyl (C=O) groups is 1. The highest BCUT2D eigenvalue weighted by Gasteiger charge is 2.12. The van der Waals surface area contributed by atoms with E-state index in [0.717, 1.165) is 10.0 Å². The summed E-state index contributed by atoms with van der Waals surface area (Å²) in [6.45, 7) is 1.90. The SMILES string of the molecule is CCOC(=O)c1cnc(Cc2cccc(Br)c2)[nH]c1=O. The zero-order valence-electron chi connectivity index (χ0n) is 10.9. The highest BCUT2D eigenvalue weighted by Crippen LogP contribution is 2.13. The summed E-state index contributed by atoms with van der Waals surface area (Å²) in [5.74, 6) is -0.156. The first kappa shape index (κ1) is 14.5. The van der Waals surface area contributed by atoms with Crippen molar-refractivity contribution in [2.24, 2.45) is 0 Å². The van der Waals surface area contributed by atoms with Gasteiger partial charge in [-0.1, -0.05) is 28.1 Å². The van der Waals surface area contributed by atoms with Crippen LogP contribution in [0.3, 0.4) is 0 Å². The number of esters is 1. The van der Waals surface area contributed by atoms with Crippen LogP contribution in [0.5, 0.6) is 0 Å². The molecule has 0 unspecified atom stereocenters. The molecule has 0 saturated heterocycles. The molecule has 0 atom stereocenters. The lowest BCUT2D eigenvalue weighted by atomic mass is 10.1. The Balaban J connectivity index is 2.21. The fraction of sp³-hybridized carbons (Fsp3) is 0.214. The first-order chi connectivity index (χ1) is 9.60. The van der Waals surface area contributed by atoms with Crippen LogP contribution in [0.25, 0.3) is 0 Å². The largest absolute Gasteiger partial charge is 0.462 e. The molecule has 0 aliphatic rings. The summed E-state index contributed by atoms with van der Waals surface area (Å²) in [6.07, 6.45) is 1.74. The van der Waals surface area contributed by atoms with Gasteiger partial charge in [-0.3, -0.25) is 4.79 Å². The molecule has 0 saturated carbocycles. The molecular formula is C14H13BrN2O3. The lowest BCUT2D eigenvalue weighted by Gasteiger charge is -2.04. The Labute approximate surface area is 124 Å². The van der Waals surface area contributed by atoms with Gasteiger partial charge in [0, 0.05) is 17.1 Å². The van der Waals surface area contributed by atoms with E-state index in [0.29, 0.717) is 12.2 Å². The number of aromatic nitrogens is 2. The second-order valence-electron chi connectivity index (χ2n) is 4.10. The molecule has 6 heteroatoms. The quantitative estimate of drug-likeness (QED) is 0.869. The van der Waals surface area contributed by atoms with Gasteiger partial charge in [0.25, 0.3) is 5.56 Å². The van der Waals surface area contributed by atoms with E-state index in [1.165, 1.54) is 6.20 Å². The lowest BCUT2D eigenvalue weighted by molar-refractivity contribution is 0.0523. The van der Waals surface area contributed by atoms with Crippen molar-refractivity contribution in [3.05, 3.63) is 62.2 Å². The van der Waals surface area contributed by atoms with Crippen LogP contribution in [0.1, 0.15) is 28.7 Å². The smallest absolute Gasteiger partial charge is 0.345 e. The zero-order valence-corrected chi connectivity index (χ0v) is 12.4. The van der Waals surface area contributed by atoms with Gasteiger partial charge in [-0.2, -0.15) is 0 Å². The van der Waals surface area contributed by atoms with Gasteiger partial charge in [-0.15, -0.1) is 0 Å². The molecule has 0 amide bonds. The predicted molar refractivity (Wildman–Crippen MR) is 77.8 cm³/mol. The second-order valence-corrected chi connectivity index (χ2v) is 5.02. The van der Waals surface area contributed by atoms with Crippen LogP contribution >= 0.6 is 15.9 Å². The van der Waals surface area contributed by atoms with Crippen molar-refractivity contribution < 1.29 is 9.53 Å². The number of aromatic amines is 1. The lowest BCUT2D eigenvalue weighted by Crippen LogP contribution is -2.22. The number of rotatable bonds is 4. The monoisotopic (exact) mass is 336 g/mol. The Kier molecular flexibility index (Phi) is 4.68. The molecular weight excluding hydrogens is 324 g/mol. The Morgan fingerprint density at radius 3 is 2.90 bits per heavy atom. The summed E-state index contributed by atoms with van der Waals surface area (Å²) >= 11 is 3.38. The van der Waals surface area contributed by atoms with Crippen molar-refractivity contribution >= 4 is 21.9 Å². The number of benzene rings is 1. The molecule has 1 aromatic heterocycles. The number of nitrogens with one attached hydrogen (secondary N) is 1. The molecule has 0 radical (unpaired) electrons. The minimum atomic E-state index is -0.657. The van der Waals surface area contributed by atoms with Crippen molar-refractivity contribution in [2.75, 3.05) is 6.61 Å².